The summed E-state index contributed by atoms with van der Waals surface area (Å²) in [5, 5.41) is 19.5. The molecule has 7 nitrogen and oxygen atoms in total. The Balaban J connectivity index is 2.18. The Morgan fingerprint density at radius 2 is 2.24 bits per heavy atom. The van der Waals surface area contributed by atoms with E-state index in [1.54, 1.807) is 11.8 Å². The van der Waals surface area contributed by atoms with Crippen LogP contribution in [-0.4, -0.2) is 63.5 Å². The minimum Gasteiger partial charge on any atom is -0.396 e. The van der Waals surface area contributed by atoms with E-state index in [0.717, 1.165) is 11.2 Å². The number of hydrogen-bond donors (Lipinski definition) is 4. The number of nitrogen functional groups attached to an aromatic ring is 1. The van der Waals surface area contributed by atoms with Crippen LogP contribution in [0.25, 0.3) is 11.0 Å². The molecule has 0 saturated carbocycles. The number of rotatable bonds is 7. The van der Waals surface area contributed by atoms with E-state index >= 15 is 0 Å². The topological polar surface area (TPSA) is 111 Å². The van der Waals surface area contributed by atoms with Gasteiger partial charge in [-0.05, 0) is 6.26 Å². The number of aliphatic hydroxyl groups excluding tert-OH is 2. The summed E-state index contributed by atoms with van der Waals surface area (Å²) in [5.41, 5.74) is 8.11. The van der Waals surface area contributed by atoms with Gasteiger partial charge in [-0.3, -0.25) is 0 Å². The molecule has 2 aromatic rings. The SMILES string of the molecule is CSC[C@@H](O)[C@H](CO)CN(C)c1c[nH]c2c(N)ncnc12. The van der Waals surface area contributed by atoms with E-state index in [9.17, 15) is 10.2 Å². The number of nitrogens with zero attached hydrogens (tertiary/aromatic N) is 3. The molecule has 2 atom stereocenters. The van der Waals surface area contributed by atoms with Crippen LogP contribution in [0.15, 0.2) is 12.5 Å². The van der Waals surface area contributed by atoms with Gasteiger partial charge in [-0.15, -0.1) is 0 Å². The van der Waals surface area contributed by atoms with Gasteiger partial charge in [0, 0.05) is 31.5 Å². The molecular formula is C13H21N5O2S. The van der Waals surface area contributed by atoms with Crippen molar-refractivity contribution in [1.82, 2.24) is 15.0 Å². The average molecular weight is 311 g/mol. The van der Waals surface area contributed by atoms with Crippen LogP contribution >= 0.6 is 11.8 Å². The van der Waals surface area contributed by atoms with Gasteiger partial charge < -0.3 is 25.8 Å². The maximum absolute atomic E-state index is 10.1. The van der Waals surface area contributed by atoms with Crippen molar-refractivity contribution < 1.29 is 10.2 Å². The van der Waals surface area contributed by atoms with E-state index in [2.05, 4.69) is 15.0 Å². The number of thioether (sulfide) groups is 1. The quantitative estimate of drug-likeness (QED) is 0.582. The van der Waals surface area contributed by atoms with Crippen molar-refractivity contribution in [2.45, 2.75) is 6.10 Å². The summed E-state index contributed by atoms with van der Waals surface area (Å²) in [6, 6.07) is 0. The van der Waals surface area contributed by atoms with Crippen LogP contribution in [0.5, 0.6) is 0 Å². The van der Waals surface area contributed by atoms with Crippen LogP contribution < -0.4 is 10.6 Å². The van der Waals surface area contributed by atoms with Gasteiger partial charge in [0.25, 0.3) is 0 Å². The van der Waals surface area contributed by atoms with E-state index in [4.69, 9.17) is 5.73 Å². The lowest BCUT2D eigenvalue weighted by Gasteiger charge is -2.27. The molecule has 2 rings (SSSR count). The Labute approximate surface area is 127 Å². The highest BCUT2D eigenvalue weighted by Crippen LogP contribution is 2.27. The summed E-state index contributed by atoms with van der Waals surface area (Å²) in [7, 11) is 1.90. The van der Waals surface area contributed by atoms with Crippen molar-refractivity contribution >= 4 is 34.3 Å². The first-order valence-electron chi connectivity index (χ1n) is 6.65. The Bertz CT molecular complexity index is 591. The van der Waals surface area contributed by atoms with E-state index in [-0.39, 0.29) is 12.5 Å². The van der Waals surface area contributed by atoms with Crippen molar-refractivity contribution in [1.29, 1.82) is 0 Å². The molecule has 0 aliphatic rings. The van der Waals surface area contributed by atoms with Crippen molar-refractivity contribution in [3.63, 3.8) is 0 Å². The van der Waals surface area contributed by atoms with Gasteiger partial charge >= 0.3 is 0 Å². The molecule has 0 unspecified atom stereocenters. The number of nitrogens with two attached hydrogens (primary N) is 1. The third-order valence-electron chi connectivity index (χ3n) is 3.51. The number of anilines is 2. The van der Waals surface area contributed by atoms with Gasteiger partial charge in [-0.1, -0.05) is 0 Å². The second kappa shape index (κ2) is 6.97. The predicted molar refractivity (Wildman–Crippen MR) is 86.5 cm³/mol. The monoisotopic (exact) mass is 311 g/mol. The molecule has 8 heteroatoms. The smallest absolute Gasteiger partial charge is 0.151 e. The third-order valence-corrected chi connectivity index (χ3v) is 4.18. The van der Waals surface area contributed by atoms with Gasteiger partial charge in [0.05, 0.1) is 18.4 Å². The minimum absolute atomic E-state index is 0.0639. The van der Waals surface area contributed by atoms with E-state index in [1.165, 1.54) is 6.33 Å². The first-order chi connectivity index (χ1) is 10.1. The summed E-state index contributed by atoms with van der Waals surface area (Å²) in [5.74, 6) is 0.787. The van der Waals surface area contributed by atoms with E-state index < -0.39 is 6.10 Å². The molecule has 0 amide bonds. The maximum Gasteiger partial charge on any atom is 0.151 e. The zero-order valence-electron chi connectivity index (χ0n) is 12.2. The highest BCUT2D eigenvalue weighted by atomic mass is 32.2. The Morgan fingerprint density at radius 3 is 2.90 bits per heavy atom. The Morgan fingerprint density at radius 1 is 1.48 bits per heavy atom. The molecule has 21 heavy (non-hydrogen) atoms. The molecule has 0 fully saturated rings. The molecule has 116 valence electrons. The molecule has 0 aliphatic carbocycles. The fraction of sp³-hybridized carbons (Fsp3) is 0.538. The van der Waals surface area contributed by atoms with E-state index in [1.807, 2.05) is 24.4 Å². The normalized spacial score (nSPS) is 14.3. The van der Waals surface area contributed by atoms with Crippen molar-refractivity contribution in [3.8, 4) is 0 Å². The molecule has 0 aliphatic heterocycles. The lowest BCUT2D eigenvalue weighted by atomic mass is 10.0. The summed E-state index contributed by atoms with van der Waals surface area (Å²) < 4.78 is 0. The summed E-state index contributed by atoms with van der Waals surface area (Å²) in [6.45, 7) is 0.459. The summed E-state index contributed by atoms with van der Waals surface area (Å²) in [4.78, 5) is 13.2. The van der Waals surface area contributed by atoms with Gasteiger partial charge in [0.1, 0.15) is 17.4 Å². The van der Waals surface area contributed by atoms with Crippen LogP contribution in [0.2, 0.25) is 0 Å². The number of aromatic amines is 1. The van der Waals surface area contributed by atoms with Gasteiger partial charge in [0.2, 0.25) is 0 Å². The molecule has 0 aromatic carbocycles. The second-order valence-corrected chi connectivity index (χ2v) is 5.91. The fourth-order valence-electron chi connectivity index (χ4n) is 2.29. The highest BCUT2D eigenvalue weighted by molar-refractivity contribution is 7.98. The van der Waals surface area contributed by atoms with Gasteiger partial charge in [-0.25, -0.2) is 9.97 Å². The van der Waals surface area contributed by atoms with Crippen molar-refractivity contribution in [3.05, 3.63) is 12.5 Å². The van der Waals surface area contributed by atoms with Crippen LogP contribution in [-0.2, 0) is 0 Å². The largest absolute Gasteiger partial charge is 0.396 e. The molecule has 0 radical (unpaired) electrons. The molecule has 2 aromatic heterocycles. The van der Waals surface area contributed by atoms with Crippen LogP contribution in [0.4, 0.5) is 11.5 Å². The standard InChI is InChI=1S/C13H21N5O2S/c1-18(4-8(5-19)10(20)6-21-2)9-3-15-12-11(9)16-7-17-13(12)14/h3,7-8,10,15,19-20H,4-6H2,1-2H3,(H2,14,16,17)/t8-,10+/m0/s1. The molecule has 0 bridgehead atoms. The van der Waals surface area contributed by atoms with Gasteiger partial charge in [0.15, 0.2) is 5.82 Å². The lowest BCUT2D eigenvalue weighted by Crippen LogP contribution is -2.36. The Hall–Kier alpha value is -1.51. The first-order valence-corrected chi connectivity index (χ1v) is 8.04. The van der Waals surface area contributed by atoms with Crippen LogP contribution in [0.1, 0.15) is 0 Å². The van der Waals surface area contributed by atoms with Crippen molar-refractivity contribution in [2.75, 3.05) is 42.8 Å². The molecule has 0 saturated heterocycles. The fourth-order valence-corrected chi connectivity index (χ4v) is 2.91. The second-order valence-electron chi connectivity index (χ2n) is 5.00. The first kappa shape index (κ1) is 15.9. The minimum atomic E-state index is -0.544. The number of hydrogen-bond acceptors (Lipinski definition) is 7. The number of fused-ring (bicyclic) bond motifs is 1. The lowest BCUT2D eigenvalue weighted by molar-refractivity contribution is 0.0883. The number of nitrogens with one attached hydrogen (secondary N) is 1. The molecule has 5 N–H and O–H groups in total. The highest BCUT2D eigenvalue weighted by Gasteiger charge is 2.21. The Kier molecular flexibility index (Phi) is 5.27. The van der Waals surface area contributed by atoms with Crippen LogP contribution in [0.3, 0.4) is 0 Å². The summed E-state index contributed by atoms with van der Waals surface area (Å²) >= 11 is 1.56. The third kappa shape index (κ3) is 3.39. The maximum atomic E-state index is 10.1. The zero-order valence-corrected chi connectivity index (χ0v) is 13.0. The zero-order chi connectivity index (χ0) is 15.4. The predicted octanol–water partition coefficient (Wildman–Crippen LogP) is 0.309. The molecule has 0 spiro atoms. The summed E-state index contributed by atoms with van der Waals surface area (Å²) in [6.07, 6.45) is 4.62. The number of aromatic nitrogens is 3. The number of H-pyrrole nitrogens is 1. The van der Waals surface area contributed by atoms with Crippen molar-refractivity contribution in [2.24, 2.45) is 5.92 Å². The molecule has 2 heterocycles. The van der Waals surface area contributed by atoms with E-state index in [0.29, 0.717) is 23.6 Å². The number of aliphatic hydroxyl groups is 2. The molecular weight excluding hydrogens is 290 g/mol. The average Bonchev–Trinajstić information content (AvgIpc) is 2.90. The van der Waals surface area contributed by atoms with Gasteiger partial charge in [-0.2, -0.15) is 11.8 Å². The van der Waals surface area contributed by atoms with Crippen LogP contribution in [0, 0.1) is 5.92 Å².